The van der Waals surface area contributed by atoms with Gasteiger partial charge in [0.05, 0.1) is 20.6 Å². The van der Waals surface area contributed by atoms with Crippen molar-refractivity contribution in [3.63, 3.8) is 0 Å². The number of carbonyl (C=O) groups excluding carboxylic acids is 1. The Labute approximate surface area is 183 Å². The van der Waals surface area contributed by atoms with Crippen LogP contribution in [0.25, 0.3) is 0 Å². The van der Waals surface area contributed by atoms with Crippen molar-refractivity contribution in [3.8, 4) is 11.5 Å². The summed E-state index contributed by atoms with van der Waals surface area (Å²) in [6, 6.07) is 14.9. The molecule has 1 spiro atoms. The number of hydrogen-bond donors (Lipinski definition) is 0. The summed E-state index contributed by atoms with van der Waals surface area (Å²) in [5, 5.41) is 0.762. The molecular weight excluding hydrogens is 431 g/mol. The average molecular weight is 446 g/mol. The molecule has 2 heterocycles. The van der Waals surface area contributed by atoms with Gasteiger partial charge in [0.1, 0.15) is 11.5 Å². The van der Waals surface area contributed by atoms with Gasteiger partial charge in [-0.15, -0.1) is 0 Å². The second kappa shape index (κ2) is 6.66. The predicted molar refractivity (Wildman–Crippen MR) is 114 cm³/mol. The molecule has 0 saturated heterocycles. The van der Waals surface area contributed by atoms with Crippen LogP contribution in [0.1, 0.15) is 46.0 Å². The van der Waals surface area contributed by atoms with E-state index >= 15 is 0 Å². The lowest BCUT2D eigenvalue weighted by Crippen LogP contribution is -2.33. The molecule has 0 unspecified atom stereocenters. The van der Waals surface area contributed by atoms with E-state index in [4.69, 9.17) is 44.3 Å². The summed E-state index contributed by atoms with van der Waals surface area (Å²) in [4.78, 5) is 13.2. The van der Waals surface area contributed by atoms with Crippen LogP contribution in [0, 0.1) is 0 Å². The summed E-state index contributed by atoms with van der Waals surface area (Å²) < 4.78 is 12.3. The zero-order chi connectivity index (χ0) is 20.3. The number of esters is 1. The molecule has 146 valence electrons. The lowest BCUT2D eigenvalue weighted by molar-refractivity contribution is 0.0224. The van der Waals surface area contributed by atoms with Crippen LogP contribution < -0.4 is 4.74 Å². The van der Waals surface area contributed by atoms with Gasteiger partial charge in [0.25, 0.3) is 0 Å². The Hall–Kier alpha value is -2.20. The lowest BCUT2D eigenvalue weighted by atomic mass is 9.77. The Kier molecular flexibility index (Phi) is 4.32. The van der Waals surface area contributed by atoms with E-state index in [2.05, 4.69) is 0 Å². The Bertz CT molecular complexity index is 1140. The van der Waals surface area contributed by atoms with Gasteiger partial charge >= 0.3 is 5.97 Å². The first kappa shape index (κ1) is 18.8. The largest absolute Gasteiger partial charge is 0.456 e. The van der Waals surface area contributed by atoms with Crippen molar-refractivity contribution in [2.45, 2.75) is 25.4 Å². The molecule has 3 aromatic rings. The van der Waals surface area contributed by atoms with Crippen molar-refractivity contribution in [1.82, 2.24) is 0 Å². The van der Waals surface area contributed by atoms with Crippen LogP contribution in [0.3, 0.4) is 0 Å². The molecule has 2 aliphatic rings. The predicted octanol–water partition coefficient (Wildman–Crippen LogP) is 7.17. The topological polar surface area (TPSA) is 35.5 Å². The van der Waals surface area contributed by atoms with E-state index in [-0.39, 0.29) is 10.0 Å². The first-order valence-electron chi connectivity index (χ1n) is 9.30. The minimum absolute atomic E-state index is 0.226. The van der Waals surface area contributed by atoms with E-state index in [1.165, 1.54) is 0 Å². The summed E-state index contributed by atoms with van der Waals surface area (Å²) in [5.74, 6) is 0.743. The second-order valence-corrected chi connectivity index (χ2v) is 8.22. The second-order valence-electron chi connectivity index (χ2n) is 7.09. The number of rotatable bonds is 2. The molecule has 3 aromatic carbocycles. The van der Waals surface area contributed by atoms with Gasteiger partial charge in [-0.1, -0.05) is 84.5 Å². The molecule has 0 N–H and O–H groups in total. The maximum atomic E-state index is 13.2. The number of benzene rings is 3. The van der Waals surface area contributed by atoms with E-state index in [1.807, 2.05) is 55.5 Å². The third kappa shape index (κ3) is 2.41. The number of halogens is 3. The van der Waals surface area contributed by atoms with Crippen LogP contribution in [0.4, 0.5) is 0 Å². The van der Waals surface area contributed by atoms with Gasteiger partial charge in [0.2, 0.25) is 0 Å². The first-order chi connectivity index (χ1) is 14.0. The molecule has 0 bridgehead atoms. The fourth-order valence-corrected chi connectivity index (χ4v) is 5.19. The van der Waals surface area contributed by atoms with Crippen LogP contribution in [-0.4, -0.2) is 5.97 Å². The van der Waals surface area contributed by atoms with Gasteiger partial charge in [-0.05, 0) is 24.1 Å². The Morgan fingerprint density at radius 1 is 0.862 bits per heavy atom. The molecule has 0 radical (unpaired) electrons. The number of para-hydroxylation sites is 2. The van der Waals surface area contributed by atoms with Crippen molar-refractivity contribution < 1.29 is 14.3 Å². The third-order valence-corrected chi connectivity index (χ3v) is 6.84. The standard InChI is InChI=1S/C23H15Cl3O3/c1-2-7-12-17-18(20(25)21(26)19(12)24)23(29-22(17)27)13-8-3-5-10-15(13)28-16-11-6-4-9-14(16)23/h3-6,8-11H,2,7H2,1H3. The normalized spacial score (nSPS) is 15.4. The van der Waals surface area contributed by atoms with Gasteiger partial charge in [0, 0.05) is 16.7 Å². The van der Waals surface area contributed by atoms with E-state index in [9.17, 15) is 4.79 Å². The number of carbonyl (C=O) groups is 1. The number of fused-ring (bicyclic) bond motifs is 6. The molecule has 0 fully saturated rings. The van der Waals surface area contributed by atoms with Crippen LogP contribution in [0.2, 0.25) is 15.1 Å². The van der Waals surface area contributed by atoms with Crippen molar-refractivity contribution in [1.29, 1.82) is 0 Å². The SMILES string of the molecule is CCCc1c(Cl)c(Cl)c(Cl)c2c1C(=O)OC21c2ccccc2Oc2ccccc21. The van der Waals surface area contributed by atoms with Gasteiger partial charge < -0.3 is 9.47 Å². The molecule has 0 aliphatic carbocycles. The van der Waals surface area contributed by atoms with Gasteiger partial charge in [-0.2, -0.15) is 0 Å². The third-order valence-electron chi connectivity index (χ3n) is 5.48. The molecule has 2 aliphatic heterocycles. The van der Waals surface area contributed by atoms with Crippen LogP contribution in [0.15, 0.2) is 48.5 Å². The van der Waals surface area contributed by atoms with Crippen molar-refractivity contribution in [3.05, 3.63) is 91.4 Å². The van der Waals surface area contributed by atoms with Gasteiger partial charge in [-0.3, -0.25) is 0 Å². The maximum Gasteiger partial charge on any atom is 0.340 e. The summed E-state index contributed by atoms with van der Waals surface area (Å²) in [7, 11) is 0. The molecule has 3 nitrogen and oxygen atoms in total. The lowest BCUT2D eigenvalue weighted by Gasteiger charge is -2.36. The molecule has 0 atom stereocenters. The highest BCUT2D eigenvalue weighted by Crippen LogP contribution is 2.59. The quantitative estimate of drug-likeness (QED) is 0.310. The van der Waals surface area contributed by atoms with E-state index in [1.54, 1.807) is 0 Å². The minimum atomic E-state index is -1.24. The molecule has 29 heavy (non-hydrogen) atoms. The van der Waals surface area contributed by atoms with E-state index < -0.39 is 11.6 Å². The number of hydrogen-bond acceptors (Lipinski definition) is 3. The Balaban J connectivity index is 1.96. The zero-order valence-electron chi connectivity index (χ0n) is 15.4. The average Bonchev–Trinajstić information content (AvgIpc) is 3.03. The van der Waals surface area contributed by atoms with Crippen molar-refractivity contribution in [2.75, 3.05) is 0 Å². The number of ether oxygens (including phenoxy) is 2. The van der Waals surface area contributed by atoms with Crippen molar-refractivity contribution in [2.24, 2.45) is 0 Å². The molecule has 5 rings (SSSR count). The highest BCUT2D eigenvalue weighted by molar-refractivity contribution is 6.49. The Morgan fingerprint density at radius 2 is 1.45 bits per heavy atom. The maximum absolute atomic E-state index is 13.2. The summed E-state index contributed by atoms with van der Waals surface area (Å²) in [6.07, 6.45) is 1.38. The highest BCUT2D eigenvalue weighted by atomic mass is 35.5. The molecule has 0 saturated carbocycles. The Morgan fingerprint density at radius 3 is 2.03 bits per heavy atom. The van der Waals surface area contributed by atoms with Gasteiger partial charge in [-0.25, -0.2) is 4.79 Å². The summed E-state index contributed by atoms with van der Waals surface area (Å²) in [6.45, 7) is 2.01. The van der Waals surface area contributed by atoms with E-state index in [0.29, 0.717) is 50.8 Å². The molecular formula is C23H15Cl3O3. The molecule has 0 amide bonds. The van der Waals surface area contributed by atoms with Crippen LogP contribution in [-0.2, 0) is 16.8 Å². The van der Waals surface area contributed by atoms with Crippen LogP contribution >= 0.6 is 34.8 Å². The smallest absolute Gasteiger partial charge is 0.340 e. The summed E-state index contributed by atoms with van der Waals surface area (Å²) >= 11 is 19.8. The highest BCUT2D eigenvalue weighted by Gasteiger charge is 2.56. The monoisotopic (exact) mass is 444 g/mol. The van der Waals surface area contributed by atoms with Crippen molar-refractivity contribution >= 4 is 40.8 Å². The molecule has 6 heteroatoms. The fourth-order valence-electron chi connectivity index (χ4n) is 4.33. The van der Waals surface area contributed by atoms with Crippen LogP contribution in [0.5, 0.6) is 11.5 Å². The first-order valence-corrected chi connectivity index (χ1v) is 10.4. The fraction of sp³-hybridized carbons (Fsp3) is 0.174. The van der Waals surface area contributed by atoms with Gasteiger partial charge in [0.15, 0.2) is 5.60 Å². The molecule has 0 aromatic heterocycles. The zero-order valence-corrected chi connectivity index (χ0v) is 17.7. The van der Waals surface area contributed by atoms with E-state index in [0.717, 1.165) is 6.42 Å². The minimum Gasteiger partial charge on any atom is -0.456 e. The summed E-state index contributed by atoms with van der Waals surface area (Å²) in [5.41, 5.74) is 1.76.